The average Bonchev–Trinajstić information content (AvgIpc) is 2.45. The van der Waals surface area contributed by atoms with Crippen LogP contribution < -0.4 is 9.47 Å². The molecule has 0 heterocycles. The fourth-order valence-electron chi connectivity index (χ4n) is 1.59. The van der Waals surface area contributed by atoms with Crippen LogP contribution in [0.3, 0.4) is 0 Å². The van der Waals surface area contributed by atoms with E-state index in [0.29, 0.717) is 18.1 Å². The maximum absolute atomic E-state index is 10.9. The van der Waals surface area contributed by atoms with E-state index in [1.54, 1.807) is 0 Å². The van der Waals surface area contributed by atoms with E-state index < -0.39 is 5.97 Å². The number of carbonyl (C=O) groups is 1. The zero-order valence-electron chi connectivity index (χ0n) is 10.4. The van der Waals surface area contributed by atoms with Crippen molar-refractivity contribution in [3.05, 3.63) is 59.7 Å². The first-order valence-electron chi connectivity index (χ1n) is 5.70. The molecular formula is C15H13O4. The van der Waals surface area contributed by atoms with Gasteiger partial charge in [-0.25, -0.2) is 4.79 Å². The molecule has 0 aromatic heterocycles. The normalized spacial score (nSPS) is 9.95. The second-order valence-corrected chi connectivity index (χ2v) is 3.87. The number of hydrogen-bond acceptors (Lipinski definition) is 3. The predicted molar refractivity (Wildman–Crippen MR) is 69.6 cm³/mol. The molecule has 19 heavy (non-hydrogen) atoms. The van der Waals surface area contributed by atoms with E-state index in [0.717, 1.165) is 5.56 Å². The molecule has 0 aliphatic heterocycles. The van der Waals surface area contributed by atoms with Gasteiger partial charge in [-0.15, -0.1) is 0 Å². The van der Waals surface area contributed by atoms with Crippen molar-refractivity contribution < 1.29 is 19.4 Å². The Morgan fingerprint density at radius 3 is 2.68 bits per heavy atom. The molecule has 0 unspecified atom stereocenters. The minimum atomic E-state index is -1.02. The first-order valence-corrected chi connectivity index (χ1v) is 5.70. The highest BCUT2D eigenvalue weighted by atomic mass is 16.5. The molecule has 2 aromatic rings. The van der Waals surface area contributed by atoms with Gasteiger partial charge in [-0.2, -0.15) is 0 Å². The molecular weight excluding hydrogens is 244 g/mol. The summed E-state index contributed by atoms with van der Waals surface area (Å²) in [6.07, 6.45) is 0. The third-order valence-electron chi connectivity index (χ3n) is 2.56. The summed E-state index contributed by atoms with van der Waals surface area (Å²) in [7, 11) is 1.49. The lowest BCUT2D eigenvalue weighted by molar-refractivity contribution is 0.0696. The van der Waals surface area contributed by atoms with E-state index in [4.69, 9.17) is 14.6 Å². The highest BCUT2D eigenvalue weighted by Gasteiger charge is 2.10. The van der Waals surface area contributed by atoms with E-state index in [2.05, 4.69) is 6.07 Å². The van der Waals surface area contributed by atoms with Crippen LogP contribution in [0.4, 0.5) is 0 Å². The van der Waals surface area contributed by atoms with E-state index >= 15 is 0 Å². The van der Waals surface area contributed by atoms with Gasteiger partial charge in [0.05, 0.1) is 12.7 Å². The highest BCUT2D eigenvalue weighted by Crippen LogP contribution is 2.28. The molecule has 2 rings (SSSR count). The van der Waals surface area contributed by atoms with Gasteiger partial charge in [0.15, 0.2) is 11.5 Å². The zero-order valence-corrected chi connectivity index (χ0v) is 10.4. The summed E-state index contributed by atoms with van der Waals surface area (Å²) in [5, 5.41) is 8.94. The minimum Gasteiger partial charge on any atom is -0.492 e. The molecule has 0 aliphatic rings. The predicted octanol–water partition coefficient (Wildman–Crippen LogP) is 2.77. The number of benzene rings is 2. The van der Waals surface area contributed by atoms with Gasteiger partial charge in [0, 0.05) is 6.07 Å². The Hall–Kier alpha value is -2.49. The molecule has 2 aromatic carbocycles. The van der Waals surface area contributed by atoms with Gasteiger partial charge < -0.3 is 14.6 Å². The van der Waals surface area contributed by atoms with E-state index in [1.165, 1.54) is 19.2 Å². The van der Waals surface area contributed by atoms with Crippen LogP contribution >= 0.6 is 0 Å². The number of rotatable bonds is 5. The van der Waals surface area contributed by atoms with Gasteiger partial charge in [-0.05, 0) is 17.7 Å². The molecule has 1 N–H and O–H groups in total. The second-order valence-electron chi connectivity index (χ2n) is 3.87. The summed E-state index contributed by atoms with van der Waals surface area (Å²) in [6, 6.07) is 15.1. The van der Waals surface area contributed by atoms with Crippen LogP contribution in [0.5, 0.6) is 11.5 Å². The van der Waals surface area contributed by atoms with Crippen molar-refractivity contribution in [2.45, 2.75) is 6.61 Å². The topological polar surface area (TPSA) is 55.8 Å². The second kappa shape index (κ2) is 5.91. The quantitative estimate of drug-likeness (QED) is 0.894. The highest BCUT2D eigenvalue weighted by molar-refractivity contribution is 5.88. The maximum atomic E-state index is 10.9. The molecule has 0 bridgehead atoms. The lowest BCUT2D eigenvalue weighted by atomic mass is 10.2. The van der Waals surface area contributed by atoms with Crippen LogP contribution in [0.1, 0.15) is 15.9 Å². The van der Waals surface area contributed by atoms with Gasteiger partial charge in [-0.1, -0.05) is 30.3 Å². The summed E-state index contributed by atoms with van der Waals surface area (Å²) in [4.78, 5) is 10.9. The first-order chi connectivity index (χ1) is 9.20. The van der Waals surface area contributed by atoms with Crippen LogP contribution in [0.15, 0.2) is 42.5 Å². The van der Waals surface area contributed by atoms with Crippen LogP contribution in [0, 0.1) is 6.07 Å². The van der Waals surface area contributed by atoms with Crippen molar-refractivity contribution in [3.63, 3.8) is 0 Å². The Morgan fingerprint density at radius 2 is 2.05 bits per heavy atom. The number of aromatic carboxylic acids is 1. The smallest absolute Gasteiger partial charge is 0.335 e. The summed E-state index contributed by atoms with van der Waals surface area (Å²) in [6.45, 7) is 0.341. The number of methoxy groups -OCH3 is 1. The number of hydrogen-bond donors (Lipinski definition) is 1. The third-order valence-corrected chi connectivity index (χ3v) is 2.56. The molecule has 0 atom stereocenters. The Bertz CT molecular complexity index is 564. The van der Waals surface area contributed by atoms with E-state index in [9.17, 15) is 4.79 Å². The largest absolute Gasteiger partial charge is 0.492 e. The van der Waals surface area contributed by atoms with Crippen LogP contribution in [-0.2, 0) is 6.61 Å². The van der Waals surface area contributed by atoms with Crippen molar-refractivity contribution in [1.29, 1.82) is 0 Å². The first kappa shape index (κ1) is 13.0. The fourth-order valence-corrected chi connectivity index (χ4v) is 1.59. The van der Waals surface area contributed by atoms with E-state index in [1.807, 2.05) is 30.3 Å². The van der Waals surface area contributed by atoms with Crippen LogP contribution in [-0.4, -0.2) is 18.2 Å². The molecule has 0 fully saturated rings. The Balaban J connectivity index is 2.18. The molecule has 0 aliphatic carbocycles. The summed E-state index contributed by atoms with van der Waals surface area (Å²) in [5.74, 6) is -0.268. The van der Waals surface area contributed by atoms with Crippen molar-refractivity contribution in [2.75, 3.05) is 7.11 Å². The van der Waals surface area contributed by atoms with Crippen molar-refractivity contribution in [1.82, 2.24) is 0 Å². The Labute approximate surface area is 111 Å². The standard InChI is InChI=1S/C15H13O4/c1-18-13-8-7-12(15(16)17)9-14(13)19-10-11-5-3-2-4-6-11/h2-7,9H,10H2,1H3,(H,16,17). The van der Waals surface area contributed by atoms with Gasteiger partial charge in [-0.3, -0.25) is 0 Å². The SMILES string of the molecule is COc1[c]cc(C(=O)O)cc1OCc1ccccc1. The lowest BCUT2D eigenvalue weighted by Gasteiger charge is -2.11. The summed E-state index contributed by atoms with van der Waals surface area (Å²) in [5.41, 5.74) is 1.11. The summed E-state index contributed by atoms with van der Waals surface area (Å²) >= 11 is 0. The molecule has 1 radical (unpaired) electrons. The monoisotopic (exact) mass is 257 g/mol. The molecule has 0 spiro atoms. The molecule has 4 nitrogen and oxygen atoms in total. The zero-order chi connectivity index (χ0) is 13.7. The van der Waals surface area contributed by atoms with Gasteiger partial charge in [0.25, 0.3) is 0 Å². The number of carboxylic acids is 1. The molecule has 0 saturated carbocycles. The van der Waals surface area contributed by atoms with Crippen molar-refractivity contribution in [3.8, 4) is 11.5 Å². The number of ether oxygens (including phenoxy) is 2. The van der Waals surface area contributed by atoms with Gasteiger partial charge in [0.1, 0.15) is 6.61 Å². The van der Waals surface area contributed by atoms with Crippen LogP contribution in [0.25, 0.3) is 0 Å². The van der Waals surface area contributed by atoms with Crippen molar-refractivity contribution >= 4 is 5.97 Å². The van der Waals surface area contributed by atoms with Crippen LogP contribution in [0.2, 0.25) is 0 Å². The summed E-state index contributed by atoms with van der Waals surface area (Å²) < 4.78 is 10.7. The van der Waals surface area contributed by atoms with E-state index in [-0.39, 0.29) is 5.56 Å². The minimum absolute atomic E-state index is 0.115. The third kappa shape index (κ3) is 3.25. The molecule has 0 saturated heterocycles. The van der Waals surface area contributed by atoms with Gasteiger partial charge in [0.2, 0.25) is 0 Å². The fraction of sp³-hybridized carbons (Fsp3) is 0.133. The number of carboxylic acid groups (broad SMARTS) is 1. The average molecular weight is 257 g/mol. The van der Waals surface area contributed by atoms with Gasteiger partial charge >= 0.3 is 5.97 Å². The van der Waals surface area contributed by atoms with Crippen molar-refractivity contribution in [2.24, 2.45) is 0 Å². The Morgan fingerprint density at radius 1 is 1.32 bits per heavy atom. The molecule has 97 valence electrons. The Kier molecular flexibility index (Phi) is 4.03. The molecule has 4 heteroatoms. The molecule has 0 amide bonds. The lowest BCUT2D eigenvalue weighted by Crippen LogP contribution is -2.01. The maximum Gasteiger partial charge on any atom is 0.335 e.